The van der Waals surface area contributed by atoms with Crippen LogP contribution < -0.4 is 5.73 Å². The number of rotatable bonds is 6. The predicted molar refractivity (Wildman–Crippen MR) is 74.1 cm³/mol. The van der Waals surface area contributed by atoms with Gasteiger partial charge in [0.1, 0.15) is 0 Å². The summed E-state index contributed by atoms with van der Waals surface area (Å²) in [5.41, 5.74) is 5.89. The van der Waals surface area contributed by atoms with Crippen molar-refractivity contribution in [2.24, 2.45) is 5.73 Å². The minimum absolute atomic E-state index is 0.570. The minimum Gasteiger partial charge on any atom is -0.329 e. The molecule has 1 atom stereocenters. The summed E-state index contributed by atoms with van der Waals surface area (Å²) in [5.74, 6) is 1.22. The molecule has 4 heteroatoms. The first-order valence-corrected chi connectivity index (χ1v) is 7.68. The maximum atomic E-state index is 5.89. The Labute approximate surface area is 105 Å². The van der Waals surface area contributed by atoms with Crippen molar-refractivity contribution in [2.45, 2.75) is 31.3 Å². The van der Waals surface area contributed by atoms with Crippen LogP contribution in [-0.4, -0.2) is 67.6 Å². The number of hydrogen-bond acceptors (Lipinski definition) is 4. The van der Waals surface area contributed by atoms with Gasteiger partial charge in [-0.3, -0.25) is 4.90 Å². The first-order chi connectivity index (χ1) is 7.69. The Morgan fingerprint density at radius 2 is 2.06 bits per heavy atom. The number of thioether (sulfide) groups is 1. The zero-order valence-corrected chi connectivity index (χ0v) is 11.8. The van der Waals surface area contributed by atoms with Gasteiger partial charge in [0.05, 0.1) is 0 Å². The molecular weight excluding hydrogens is 218 g/mol. The van der Waals surface area contributed by atoms with Gasteiger partial charge in [0.25, 0.3) is 0 Å². The molecule has 0 aromatic heterocycles. The molecule has 1 heterocycles. The van der Waals surface area contributed by atoms with Crippen LogP contribution in [0.2, 0.25) is 0 Å². The summed E-state index contributed by atoms with van der Waals surface area (Å²) in [5, 5.41) is 0. The average molecular weight is 245 g/mol. The van der Waals surface area contributed by atoms with Crippen LogP contribution in [0.5, 0.6) is 0 Å². The minimum atomic E-state index is 0.570. The number of hydrogen-bond donors (Lipinski definition) is 1. The Morgan fingerprint density at radius 3 is 2.56 bits per heavy atom. The molecule has 0 saturated carbocycles. The summed E-state index contributed by atoms with van der Waals surface area (Å²) in [4.78, 5) is 4.95. The molecule has 1 unspecified atom stereocenters. The molecule has 16 heavy (non-hydrogen) atoms. The molecule has 0 spiro atoms. The fraction of sp³-hybridized carbons (Fsp3) is 1.00. The third-order valence-corrected chi connectivity index (χ3v) is 4.41. The third-order valence-electron chi connectivity index (χ3n) is 3.77. The second-order valence-electron chi connectivity index (χ2n) is 4.87. The monoisotopic (exact) mass is 245 g/mol. The highest BCUT2D eigenvalue weighted by atomic mass is 32.2. The Balaban J connectivity index is 2.37. The predicted octanol–water partition coefficient (Wildman–Crippen LogP) is 1.09. The lowest BCUT2D eigenvalue weighted by Gasteiger charge is -2.39. The highest BCUT2D eigenvalue weighted by molar-refractivity contribution is 7.98. The summed E-state index contributed by atoms with van der Waals surface area (Å²) in [7, 11) is 4.47. The van der Waals surface area contributed by atoms with E-state index in [0.717, 1.165) is 12.6 Å². The molecule has 0 aromatic rings. The van der Waals surface area contributed by atoms with E-state index in [1.165, 1.54) is 38.1 Å². The SMILES string of the molecule is CSCCC(CN)N(C)C1CCN(C)CC1. The Bertz CT molecular complexity index is 176. The van der Waals surface area contributed by atoms with Gasteiger partial charge in [-0.1, -0.05) is 0 Å². The quantitative estimate of drug-likeness (QED) is 0.759. The number of piperidine rings is 1. The van der Waals surface area contributed by atoms with E-state index in [9.17, 15) is 0 Å². The molecule has 0 radical (unpaired) electrons. The second-order valence-corrected chi connectivity index (χ2v) is 5.86. The molecule has 1 aliphatic rings. The number of likely N-dealkylation sites (tertiary alicyclic amines) is 1. The average Bonchev–Trinajstić information content (AvgIpc) is 2.30. The summed E-state index contributed by atoms with van der Waals surface area (Å²) in [6, 6.07) is 1.31. The molecule has 0 aromatic carbocycles. The highest BCUT2D eigenvalue weighted by Crippen LogP contribution is 2.18. The van der Waals surface area contributed by atoms with E-state index in [4.69, 9.17) is 5.73 Å². The van der Waals surface area contributed by atoms with Gasteiger partial charge in [-0.15, -0.1) is 0 Å². The van der Waals surface area contributed by atoms with Crippen LogP contribution in [0.25, 0.3) is 0 Å². The number of nitrogens with zero attached hydrogens (tertiary/aromatic N) is 2. The van der Waals surface area contributed by atoms with Crippen LogP contribution in [0.15, 0.2) is 0 Å². The number of nitrogens with two attached hydrogens (primary N) is 1. The topological polar surface area (TPSA) is 32.5 Å². The lowest BCUT2D eigenvalue weighted by Crippen LogP contribution is -2.48. The summed E-state index contributed by atoms with van der Waals surface area (Å²) < 4.78 is 0. The molecule has 1 saturated heterocycles. The van der Waals surface area contributed by atoms with Gasteiger partial charge in [-0.05, 0) is 58.5 Å². The van der Waals surface area contributed by atoms with Crippen LogP contribution >= 0.6 is 11.8 Å². The van der Waals surface area contributed by atoms with Gasteiger partial charge in [-0.25, -0.2) is 0 Å². The molecule has 0 bridgehead atoms. The van der Waals surface area contributed by atoms with E-state index in [0.29, 0.717) is 6.04 Å². The van der Waals surface area contributed by atoms with Crippen molar-refractivity contribution in [2.75, 3.05) is 45.7 Å². The van der Waals surface area contributed by atoms with Gasteiger partial charge in [0.2, 0.25) is 0 Å². The van der Waals surface area contributed by atoms with Crippen LogP contribution in [0.1, 0.15) is 19.3 Å². The maximum Gasteiger partial charge on any atom is 0.0226 e. The fourth-order valence-electron chi connectivity index (χ4n) is 2.44. The fourth-order valence-corrected chi connectivity index (χ4v) is 2.95. The summed E-state index contributed by atoms with van der Waals surface area (Å²) in [6.07, 6.45) is 5.98. The van der Waals surface area contributed by atoms with Gasteiger partial charge < -0.3 is 10.6 Å². The van der Waals surface area contributed by atoms with E-state index in [1.54, 1.807) is 0 Å². The zero-order chi connectivity index (χ0) is 12.0. The van der Waals surface area contributed by atoms with Crippen molar-refractivity contribution in [3.05, 3.63) is 0 Å². The molecular formula is C12H27N3S. The van der Waals surface area contributed by atoms with E-state index in [2.05, 4.69) is 30.2 Å². The van der Waals surface area contributed by atoms with Crippen molar-refractivity contribution in [3.8, 4) is 0 Å². The molecule has 2 N–H and O–H groups in total. The van der Waals surface area contributed by atoms with E-state index in [1.807, 2.05) is 11.8 Å². The largest absolute Gasteiger partial charge is 0.329 e. The molecule has 3 nitrogen and oxygen atoms in total. The first-order valence-electron chi connectivity index (χ1n) is 6.28. The van der Waals surface area contributed by atoms with Crippen molar-refractivity contribution in [1.29, 1.82) is 0 Å². The van der Waals surface area contributed by atoms with Gasteiger partial charge in [0, 0.05) is 18.6 Å². The van der Waals surface area contributed by atoms with Crippen molar-refractivity contribution in [1.82, 2.24) is 9.80 Å². The van der Waals surface area contributed by atoms with Crippen LogP contribution in [0.3, 0.4) is 0 Å². The van der Waals surface area contributed by atoms with Crippen LogP contribution in [-0.2, 0) is 0 Å². The Kier molecular flexibility index (Phi) is 6.73. The van der Waals surface area contributed by atoms with Crippen molar-refractivity contribution in [3.63, 3.8) is 0 Å². The Morgan fingerprint density at radius 1 is 1.44 bits per heavy atom. The van der Waals surface area contributed by atoms with E-state index >= 15 is 0 Å². The van der Waals surface area contributed by atoms with Gasteiger partial charge in [-0.2, -0.15) is 11.8 Å². The first kappa shape index (κ1) is 14.3. The second kappa shape index (κ2) is 7.54. The summed E-state index contributed by atoms with van der Waals surface area (Å²) >= 11 is 1.92. The molecule has 1 fully saturated rings. The zero-order valence-electron chi connectivity index (χ0n) is 11.0. The standard InChI is InChI=1S/C12H27N3S/c1-14-7-4-11(5-8-14)15(2)12(10-13)6-9-16-3/h11-12H,4-10,13H2,1-3H3. The molecule has 96 valence electrons. The molecule has 0 amide bonds. The molecule has 1 aliphatic heterocycles. The van der Waals surface area contributed by atoms with Gasteiger partial charge >= 0.3 is 0 Å². The number of likely N-dealkylation sites (N-methyl/N-ethyl adjacent to an activating group) is 1. The highest BCUT2D eigenvalue weighted by Gasteiger charge is 2.24. The third kappa shape index (κ3) is 4.24. The van der Waals surface area contributed by atoms with Crippen LogP contribution in [0, 0.1) is 0 Å². The van der Waals surface area contributed by atoms with Crippen molar-refractivity contribution < 1.29 is 0 Å². The lowest BCUT2D eigenvalue weighted by molar-refractivity contribution is 0.108. The molecule has 1 rings (SSSR count). The maximum absolute atomic E-state index is 5.89. The van der Waals surface area contributed by atoms with Crippen molar-refractivity contribution >= 4 is 11.8 Å². The normalized spacial score (nSPS) is 21.6. The summed E-state index contributed by atoms with van der Waals surface area (Å²) in [6.45, 7) is 3.26. The Hall–Kier alpha value is 0.230. The smallest absolute Gasteiger partial charge is 0.0226 e. The van der Waals surface area contributed by atoms with Crippen LogP contribution in [0.4, 0.5) is 0 Å². The van der Waals surface area contributed by atoms with E-state index < -0.39 is 0 Å². The molecule has 0 aliphatic carbocycles. The van der Waals surface area contributed by atoms with E-state index in [-0.39, 0.29) is 0 Å². The van der Waals surface area contributed by atoms with Gasteiger partial charge in [0.15, 0.2) is 0 Å². The lowest BCUT2D eigenvalue weighted by atomic mass is 10.0.